The predicted molar refractivity (Wildman–Crippen MR) is 151 cm³/mol. The minimum absolute atomic E-state index is 0.0524. The number of nitrogens with two attached hydrogens (primary N) is 1. The Hall–Kier alpha value is -3.44. The molecule has 0 fully saturated rings. The number of hydrogen-bond acceptors (Lipinski definition) is 6. The summed E-state index contributed by atoms with van der Waals surface area (Å²) in [5, 5.41) is 0. The monoisotopic (exact) mass is 651 g/mol. The number of carbonyl (C=O) groups is 1. The molecule has 216 valence electrons. The smallest absolute Gasteiger partial charge is 0.402 e. The van der Waals surface area contributed by atoms with Gasteiger partial charge in [0.15, 0.2) is 5.76 Å². The summed E-state index contributed by atoms with van der Waals surface area (Å²) in [7, 11) is -5.36. The Morgan fingerprint density at radius 3 is 2.41 bits per heavy atom. The number of primary amides is 1. The van der Waals surface area contributed by atoms with Gasteiger partial charge in [-0.1, -0.05) is 47.1 Å². The molecule has 2 atom stereocenters. The molecule has 8 nitrogen and oxygen atoms in total. The Bertz CT molecular complexity index is 1580. The molecule has 0 saturated carbocycles. The third kappa shape index (κ3) is 6.73. The van der Waals surface area contributed by atoms with Gasteiger partial charge in [-0.05, 0) is 61.4 Å². The SMILES string of the molecule is CCC(C)OP(=O)(O)C(F)(F)c1ccc(CN(c2ccc(F)cc2)c2ncc(-c3ccc(C(N)=O)cc3)o2)cc1Br. The predicted octanol–water partition coefficient (Wildman–Crippen LogP) is 7.73. The average molecular weight is 652 g/mol. The van der Waals surface area contributed by atoms with Gasteiger partial charge >= 0.3 is 19.3 Å². The summed E-state index contributed by atoms with van der Waals surface area (Å²) in [5.41, 5.74) is 2.36. The van der Waals surface area contributed by atoms with Crippen LogP contribution in [-0.2, 0) is 21.3 Å². The van der Waals surface area contributed by atoms with Gasteiger partial charge in [0.25, 0.3) is 0 Å². The highest BCUT2D eigenvalue weighted by Gasteiger charge is 2.54. The van der Waals surface area contributed by atoms with E-state index in [0.717, 1.165) is 6.07 Å². The summed E-state index contributed by atoms with van der Waals surface area (Å²) >= 11 is 3.11. The van der Waals surface area contributed by atoms with Gasteiger partial charge in [-0.25, -0.2) is 9.37 Å². The lowest BCUT2D eigenvalue weighted by molar-refractivity contribution is 0.0341. The highest BCUT2D eigenvalue weighted by atomic mass is 79.9. The second kappa shape index (κ2) is 12.2. The van der Waals surface area contributed by atoms with Crippen LogP contribution in [0.2, 0.25) is 0 Å². The number of amides is 1. The van der Waals surface area contributed by atoms with Gasteiger partial charge in [-0.2, -0.15) is 8.78 Å². The van der Waals surface area contributed by atoms with E-state index in [1.807, 2.05) is 0 Å². The van der Waals surface area contributed by atoms with Gasteiger partial charge in [-0.15, -0.1) is 0 Å². The molecule has 0 aliphatic carbocycles. The van der Waals surface area contributed by atoms with E-state index in [0.29, 0.717) is 28.1 Å². The van der Waals surface area contributed by atoms with Crippen LogP contribution >= 0.6 is 23.5 Å². The molecular formula is C28H26BrF3N3O5P. The number of anilines is 2. The van der Waals surface area contributed by atoms with Gasteiger partial charge in [0.05, 0.1) is 18.8 Å². The maximum Gasteiger partial charge on any atom is 0.402 e. The van der Waals surface area contributed by atoms with Crippen molar-refractivity contribution in [3.8, 4) is 11.3 Å². The molecule has 0 radical (unpaired) electrons. The maximum absolute atomic E-state index is 15.1. The minimum Gasteiger partial charge on any atom is -0.423 e. The summed E-state index contributed by atoms with van der Waals surface area (Å²) < 4.78 is 67.1. The van der Waals surface area contributed by atoms with Crippen LogP contribution in [0.25, 0.3) is 11.3 Å². The molecule has 0 spiro atoms. The van der Waals surface area contributed by atoms with Crippen LogP contribution in [0.3, 0.4) is 0 Å². The first kappa shape index (κ1) is 30.5. The van der Waals surface area contributed by atoms with Crippen molar-refractivity contribution in [2.45, 2.75) is 38.6 Å². The largest absolute Gasteiger partial charge is 0.423 e. The number of rotatable bonds is 11. The molecule has 3 aromatic carbocycles. The lowest BCUT2D eigenvalue weighted by atomic mass is 10.1. The molecule has 41 heavy (non-hydrogen) atoms. The van der Waals surface area contributed by atoms with Crippen LogP contribution in [0.4, 0.5) is 24.9 Å². The van der Waals surface area contributed by atoms with E-state index < -0.39 is 36.7 Å². The number of hydrogen-bond donors (Lipinski definition) is 2. The zero-order valence-corrected chi connectivity index (χ0v) is 24.4. The molecule has 0 aliphatic heterocycles. The van der Waals surface area contributed by atoms with Crippen molar-refractivity contribution in [1.29, 1.82) is 0 Å². The lowest BCUT2D eigenvalue weighted by Crippen LogP contribution is -2.20. The van der Waals surface area contributed by atoms with Crippen molar-refractivity contribution < 1.29 is 36.4 Å². The Morgan fingerprint density at radius 2 is 1.83 bits per heavy atom. The number of oxazole rings is 1. The molecule has 4 aromatic rings. The Morgan fingerprint density at radius 1 is 1.17 bits per heavy atom. The molecule has 4 rings (SSSR count). The van der Waals surface area contributed by atoms with Gasteiger partial charge in [0.2, 0.25) is 5.91 Å². The number of nitrogens with zero attached hydrogens (tertiary/aromatic N) is 2. The van der Waals surface area contributed by atoms with Crippen LogP contribution in [-0.4, -0.2) is 21.9 Å². The number of benzene rings is 3. The minimum atomic E-state index is -5.36. The maximum atomic E-state index is 15.1. The van der Waals surface area contributed by atoms with E-state index in [4.69, 9.17) is 14.7 Å². The molecule has 1 aromatic heterocycles. The molecule has 0 aliphatic rings. The fourth-order valence-corrected chi connectivity index (χ4v) is 5.93. The van der Waals surface area contributed by atoms with Gasteiger partial charge in [0, 0.05) is 26.9 Å². The first-order chi connectivity index (χ1) is 19.3. The molecular weight excluding hydrogens is 626 g/mol. The van der Waals surface area contributed by atoms with E-state index in [-0.39, 0.29) is 23.5 Å². The second-order valence-electron chi connectivity index (χ2n) is 9.21. The second-order valence-corrected chi connectivity index (χ2v) is 11.9. The highest BCUT2D eigenvalue weighted by molar-refractivity contribution is 9.10. The van der Waals surface area contributed by atoms with Crippen LogP contribution in [0.5, 0.6) is 0 Å². The van der Waals surface area contributed by atoms with E-state index >= 15 is 8.78 Å². The quantitative estimate of drug-likeness (QED) is 0.159. The average Bonchev–Trinajstić information content (AvgIpc) is 3.42. The topological polar surface area (TPSA) is 119 Å². The molecule has 2 unspecified atom stereocenters. The molecule has 1 amide bonds. The molecule has 0 saturated heterocycles. The Balaban J connectivity index is 1.66. The van der Waals surface area contributed by atoms with Crippen LogP contribution in [0.15, 0.2) is 81.8 Å². The number of carbonyl (C=O) groups excluding carboxylic acids is 1. The van der Waals surface area contributed by atoms with Gasteiger partial charge in [-0.3, -0.25) is 14.3 Å². The van der Waals surface area contributed by atoms with Crippen molar-refractivity contribution >= 4 is 41.1 Å². The van der Waals surface area contributed by atoms with Crippen molar-refractivity contribution in [2.24, 2.45) is 5.73 Å². The zero-order chi connectivity index (χ0) is 29.9. The summed E-state index contributed by atoms with van der Waals surface area (Å²) in [4.78, 5) is 27.4. The fourth-order valence-electron chi connectivity index (χ4n) is 3.83. The lowest BCUT2D eigenvalue weighted by Gasteiger charge is -2.26. The molecule has 3 N–H and O–H groups in total. The van der Waals surface area contributed by atoms with E-state index in [1.165, 1.54) is 49.5 Å². The third-order valence-electron chi connectivity index (χ3n) is 6.27. The van der Waals surface area contributed by atoms with Crippen molar-refractivity contribution in [2.75, 3.05) is 4.90 Å². The molecule has 13 heteroatoms. The normalized spacial score (nSPS) is 13.9. The van der Waals surface area contributed by atoms with Crippen molar-refractivity contribution in [1.82, 2.24) is 4.98 Å². The number of halogens is 4. The summed E-state index contributed by atoms with van der Waals surface area (Å²) in [6.45, 7) is 3.14. The van der Waals surface area contributed by atoms with Crippen molar-refractivity contribution in [3.63, 3.8) is 0 Å². The summed E-state index contributed by atoms with van der Waals surface area (Å²) in [6, 6.07) is 15.8. The van der Waals surface area contributed by atoms with E-state index in [9.17, 15) is 18.6 Å². The van der Waals surface area contributed by atoms with Gasteiger partial charge in [0.1, 0.15) is 5.82 Å². The highest BCUT2D eigenvalue weighted by Crippen LogP contribution is 2.64. The standard InChI is InChI=1S/C28H26BrF3N3O5P/c1-3-17(2)40-41(37,38)28(31,32)23-13-4-18(14-24(23)29)16-35(22-11-9-21(30)10-12-22)27-34-15-25(39-27)19-5-7-20(8-6-19)26(33)36/h4-15,17H,3,16H2,1-2H3,(H2,33,36)(H,37,38). The van der Waals surface area contributed by atoms with Gasteiger partial charge < -0.3 is 19.6 Å². The Labute approximate surface area is 242 Å². The van der Waals surface area contributed by atoms with Crippen LogP contribution < -0.4 is 10.6 Å². The fraction of sp³-hybridized carbons (Fsp3) is 0.214. The van der Waals surface area contributed by atoms with Crippen molar-refractivity contribution in [3.05, 3.63) is 99.9 Å². The Kier molecular flexibility index (Phi) is 9.08. The number of aromatic nitrogens is 1. The zero-order valence-electron chi connectivity index (χ0n) is 21.9. The number of alkyl halides is 2. The summed E-state index contributed by atoms with van der Waals surface area (Å²) in [6.07, 6.45) is 0.910. The van der Waals surface area contributed by atoms with Crippen LogP contribution in [0.1, 0.15) is 41.8 Å². The van der Waals surface area contributed by atoms with E-state index in [1.54, 1.807) is 36.1 Å². The summed E-state index contributed by atoms with van der Waals surface area (Å²) in [5.74, 6) is -0.657. The third-order valence-corrected chi connectivity index (χ3v) is 8.52. The molecule has 1 heterocycles. The molecule has 0 bridgehead atoms. The van der Waals surface area contributed by atoms with E-state index in [2.05, 4.69) is 20.9 Å². The first-order valence-electron chi connectivity index (χ1n) is 12.4. The first-order valence-corrected chi connectivity index (χ1v) is 14.8. The van der Waals surface area contributed by atoms with Crippen LogP contribution in [0, 0.1) is 5.82 Å².